The number of benzene rings is 2. The SMILES string of the molecule is CNC[C@@H](CCN1CCC2(CC1)CN(C(C)=O)c1cc(F)ccc12)c1ccc(Cl)c(Cl)c1. The molecular formula is C25H30Cl2FN3O. The number of hydrogen-bond acceptors (Lipinski definition) is 3. The minimum atomic E-state index is -0.289. The molecule has 2 aromatic carbocycles. The number of halogens is 3. The Morgan fingerprint density at radius 1 is 1.16 bits per heavy atom. The lowest BCUT2D eigenvalue weighted by Gasteiger charge is -2.40. The van der Waals surface area contributed by atoms with E-state index in [0.29, 0.717) is 22.5 Å². The van der Waals surface area contributed by atoms with Crippen molar-refractivity contribution in [2.45, 2.75) is 37.5 Å². The Hall–Kier alpha value is -1.66. The number of rotatable bonds is 6. The fourth-order valence-corrected chi connectivity index (χ4v) is 5.61. The van der Waals surface area contributed by atoms with Gasteiger partial charge >= 0.3 is 0 Å². The van der Waals surface area contributed by atoms with Crippen molar-refractivity contribution in [3.63, 3.8) is 0 Å². The number of nitrogens with zero attached hydrogens (tertiary/aromatic N) is 2. The van der Waals surface area contributed by atoms with Crippen molar-refractivity contribution >= 4 is 34.8 Å². The Labute approximate surface area is 199 Å². The summed E-state index contributed by atoms with van der Waals surface area (Å²) < 4.78 is 13.9. The molecular weight excluding hydrogens is 448 g/mol. The lowest BCUT2D eigenvalue weighted by Crippen LogP contribution is -2.46. The van der Waals surface area contributed by atoms with E-state index in [1.54, 1.807) is 11.8 Å². The van der Waals surface area contributed by atoms with Crippen LogP contribution in [0, 0.1) is 5.82 Å². The second-order valence-electron chi connectivity index (χ2n) is 9.11. The summed E-state index contributed by atoms with van der Waals surface area (Å²) in [4.78, 5) is 16.5. The predicted octanol–water partition coefficient (Wildman–Crippen LogP) is 5.23. The van der Waals surface area contributed by atoms with Crippen molar-refractivity contribution in [3.8, 4) is 0 Å². The molecule has 2 aliphatic heterocycles. The van der Waals surface area contributed by atoms with Gasteiger partial charge in [-0.1, -0.05) is 35.3 Å². The highest BCUT2D eigenvalue weighted by atomic mass is 35.5. The molecule has 0 aliphatic carbocycles. The molecule has 172 valence electrons. The highest BCUT2D eigenvalue weighted by Gasteiger charge is 2.45. The van der Waals surface area contributed by atoms with Crippen LogP contribution in [0.15, 0.2) is 36.4 Å². The second kappa shape index (κ2) is 9.68. The van der Waals surface area contributed by atoms with Gasteiger partial charge in [0.15, 0.2) is 0 Å². The van der Waals surface area contributed by atoms with E-state index in [9.17, 15) is 9.18 Å². The number of amides is 1. The molecule has 1 spiro atoms. The first-order valence-electron chi connectivity index (χ1n) is 11.2. The van der Waals surface area contributed by atoms with Crippen molar-refractivity contribution in [3.05, 3.63) is 63.4 Å². The molecule has 2 aliphatic rings. The maximum absolute atomic E-state index is 13.9. The normalized spacial score (nSPS) is 18.7. The quantitative estimate of drug-likeness (QED) is 0.618. The molecule has 4 rings (SSSR count). The molecule has 0 radical (unpaired) electrons. The standard InChI is InChI=1S/C25H30Cl2FN3O/c1-17(32)31-16-25(21-5-4-20(28)14-24(21)31)8-11-30(12-9-25)10-7-19(15-29-2)18-3-6-22(26)23(27)13-18/h3-6,13-14,19,29H,7-12,15-16H2,1-2H3/t19-/m1/s1. The van der Waals surface area contributed by atoms with Gasteiger partial charge in [0.1, 0.15) is 5.82 Å². The first-order valence-corrected chi connectivity index (χ1v) is 12.0. The summed E-state index contributed by atoms with van der Waals surface area (Å²) in [6.07, 6.45) is 2.96. The van der Waals surface area contributed by atoms with Gasteiger partial charge in [-0.15, -0.1) is 0 Å². The summed E-state index contributed by atoms with van der Waals surface area (Å²) in [5.74, 6) is 0.0455. The first-order chi connectivity index (χ1) is 15.3. The number of hydrogen-bond donors (Lipinski definition) is 1. The van der Waals surface area contributed by atoms with Gasteiger partial charge < -0.3 is 15.1 Å². The van der Waals surface area contributed by atoms with E-state index >= 15 is 0 Å². The topological polar surface area (TPSA) is 35.6 Å². The van der Waals surface area contributed by atoms with Crippen LogP contribution in [0.25, 0.3) is 0 Å². The maximum Gasteiger partial charge on any atom is 0.223 e. The minimum Gasteiger partial charge on any atom is -0.319 e. The first kappa shape index (κ1) is 23.5. The van der Waals surface area contributed by atoms with Crippen LogP contribution in [0.3, 0.4) is 0 Å². The van der Waals surface area contributed by atoms with Gasteiger partial charge in [-0.25, -0.2) is 4.39 Å². The van der Waals surface area contributed by atoms with Crippen molar-refractivity contribution < 1.29 is 9.18 Å². The van der Waals surface area contributed by atoms with Gasteiger partial charge in [0.05, 0.1) is 15.7 Å². The molecule has 0 saturated carbocycles. The highest BCUT2D eigenvalue weighted by molar-refractivity contribution is 6.42. The molecule has 1 N–H and O–H groups in total. The average molecular weight is 478 g/mol. The molecule has 1 saturated heterocycles. The molecule has 7 heteroatoms. The molecule has 2 heterocycles. The van der Waals surface area contributed by atoms with Gasteiger partial charge in [0, 0.05) is 25.4 Å². The van der Waals surface area contributed by atoms with E-state index in [1.807, 2.05) is 25.2 Å². The van der Waals surface area contributed by atoms with Gasteiger partial charge in [0.2, 0.25) is 5.91 Å². The molecule has 0 unspecified atom stereocenters. The number of carbonyl (C=O) groups is 1. The molecule has 1 fully saturated rings. The fourth-order valence-electron chi connectivity index (χ4n) is 5.30. The Morgan fingerprint density at radius 2 is 1.91 bits per heavy atom. The lowest BCUT2D eigenvalue weighted by molar-refractivity contribution is -0.116. The third-order valence-corrected chi connectivity index (χ3v) is 7.87. The number of anilines is 1. The van der Waals surface area contributed by atoms with Crippen LogP contribution in [-0.4, -0.2) is 50.6 Å². The summed E-state index contributed by atoms with van der Waals surface area (Å²) >= 11 is 12.3. The minimum absolute atomic E-state index is 0.0207. The number of carbonyl (C=O) groups excluding carboxylic acids is 1. The van der Waals surface area contributed by atoms with Gasteiger partial charge in [0.25, 0.3) is 0 Å². The van der Waals surface area contributed by atoms with Crippen LogP contribution in [-0.2, 0) is 10.2 Å². The van der Waals surface area contributed by atoms with Crippen LogP contribution in [0.2, 0.25) is 10.0 Å². The zero-order chi connectivity index (χ0) is 22.9. The Morgan fingerprint density at radius 3 is 2.56 bits per heavy atom. The van der Waals surface area contributed by atoms with E-state index in [2.05, 4.69) is 16.3 Å². The second-order valence-corrected chi connectivity index (χ2v) is 9.92. The molecule has 32 heavy (non-hydrogen) atoms. The zero-order valence-electron chi connectivity index (χ0n) is 18.6. The van der Waals surface area contributed by atoms with Crippen LogP contribution >= 0.6 is 23.2 Å². The molecule has 0 aromatic heterocycles. The molecule has 4 nitrogen and oxygen atoms in total. The third-order valence-electron chi connectivity index (χ3n) is 7.14. The van der Waals surface area contributed by atoms with E-state index in [-0.39, 0.29) is 17.1 Å². The Kier molecular flexibility index (Phi) is 7.11. The van der Waals surface area contributed by atoms with E-state index < -0.39 is 0 Å². The zero-order valence-corrected chi connectivity index (χ0v) is 20.1. The Bertz CT molecular complexity index is 991. The lowest BCUT2D eigenvalue weighted by atomic mass is 9.74. The van der Waals surface area contributed by atoms with Crippen LogP contribution in [0.1, 0.15) is 43.2 Å². The van der Waals surface area contributed by atoms with E-state index in [1.165, 1.54) is 17.7 Å². The largest absolute Gasteiger partial charge is 0.319 e. The smallest absolute Gasteiger partial charge is 0.223 e. The summed E-state index contributed by atoms with van der Waals surface area (Å²) in [6, 6.07) is 10.8. The number of nitrogens with one attached hydrogen (secondary N) is 1. The van der Waals surface area contributed by atoms with Crippen molar-refractivity contribution in [1.29, 1.82) is 0 Å². The van der Waals surface area contributed by atoms with Gasteiger partial charge in [-0.2, -0.15) is 0 Å². The predicted molar refractivity (Wildman–Crippen MR) is 130 cm³/mol. The monoisotopic (exact) mass is 477 g/mol. The Balaban J connectivity index is 1.41. The van der Waals surface area contributed by atoms with Crippen LogP contribution in [0.4, 0.5) is 10.1 Å². The molecule has 1 amide bonds. The number of likely N-dealkylation sites (tertiary alicyclic amines) is 1. The fraction of sp³-hybridized carbons (Fsp3) is 0.480. The van der Waals surface area contributed by atoms with Crippen molar-refractivity contribution in [2.75, 3.05) is 44.7 Å². The summed E-state index contributed by atoms with van der Waals surface area (Å²) in [7, 11) is 1.97. The highest BCUT2D eigenvalue weighted by Crippen LogP contribution is 2.47. The number of likely N-dealkylation sites (N-methyl/N-ethyl adjacent to an activating group) is 1. The van der Waals surface area contributed by atoms with Crippen LogP contribution in [0.5, 0.6) is 0 Å². The molecule has 2 aromatic rings. The van der Waals surface area contributed by atoms with Crippen LogP contribution < -0.4 is 10.2 Å². The van der Waals surface area contributed by atoms with Crippen molar-refractivity contribution in [1.82, 2.24) is 10.2 Å². The summed E-state index contributed by atoms with van der Waals surface area (Å²) in [5.41, 5.74) is 3.00. The van der Waals surface area contributed by atoms with E-state index in [0.717, 1.165) is 56.7 Å². The number of piperidine rings is 1. The number of fused-ring (bicyclic) bond motifs is 2. The average Bonchev–Trinajstić information content (AvgIpc) is 3.08. The summed E-state index contributed by atoms with van der Waals surface area (Å²) in [6.45, 7) is 6.03. The molecule has 1 atom stereocenters. The van der Waals surface area contributed by atoms with Gasteiger partial charge in [-0.05, 0) is 87.3 Å². The van der Waals surface area contributed by atoms with Gasteiger partial charge in [-0.3, -0.25) is 4.79 Å². The molecule has 0 bridgehead atoms. The third kappa shape index (κ3) is 4.67. The maximum atomic E-state index is 13.9. The summed E-state index contributed by atoms with van der Waals surface area (Å²) in [5, 5.41) is 4.47. The van der Waals surface area contributed by atoms with Crippen molar-refractivity contribution in [2.24, 2.45) is 0 Å². The van der Waals surface area contributed by atoms with E-state index in [4.69, 9.17) is 23.2 Å².